The third kappa shape index (κ3) is 4.90. The molecule has 9 aromatic rings. The van der Waals surface area contributed by atoms with Crippen LogP contribution >= 0.6 is 0 Å². The minimum absolute atomic E-state index is 1.13. The summed E-state index contributed by atoms with van der Waals surface area (Å²) in [6.45, 7) is 0. The van der Waals surface area contributed by atoms with Crippen LogP contribution in [0.1, 0.15) is 0 Å². The molecule has 0 N–H and O–H groups in total. The van der Waals surface area contributed by atoms with Crippen LogP contribution in [0, 0.1) is 0 Å². The van der Waals surface area contributed by atoms with Crippen molar-refractivity contribution in [2.75, 3.05) is 4.90 Å². The van der Waals surface area contributed by atoms with Crippen molar-refractivity contribution in [1.29, 1.82) is 0 Å². The smallest absolute Gasteiger partial charge is 0.0468 e. The van der Waals surface area contributed by atoms with Gasteiger partial charge in [-0.05, 0) is 114 Å². The van der Waals surface area contributed by atoms with E-state index in [0.29, 0.717) is 0 Å². The molecular formula is C46H31N. The first-order chi connectivity index (χ1) is 23.3. The highest BCUT2D eigenvalue weighted by atomic mass is 15.1. The second kappa shape index (κ2) is 11.3. The standard InChI is InChI=1S/C46H31N/c1-3-9-32(10-4-1)33-19-24-41(25-20-33)47(40-12-5-2-6-13-40)42-26-21-34-15-17-37(29-39(34)30-42)38-18-16-36-23-27-44-43-14-8-7-11-35(43)22-28-45(44)46(36)31-38/h1-31H. The van der Waals surface area contributed by atoms with E-state index in [1.54, 1.807) is 0 Å². The molecule has 9 aromatic carbocycles. The van der Waals surface area contributed by atoms with Crippen LogP contribution in [0.5, 0.6) is 0 Å². The van der Waals surface area contributed by atoms with Gasteiger partial charge in [0.15, 0.2) is 0 Å². The van der Waals surface area contributed by atoms with E-state index in [9.17, 15) is 0 Å². The first-order valence-corrected chi connectivity index (χ1v) is 16.2. The van der Waals surface area contributed by atoms with Crippen molar-refractivity contribution >= 4 is 60.2 Å². The number of anilines is 3. The van der Waals surface area contributed by atoms with E-state index in [1.165, 1.54) is 65.3 Å². The van der Waals surface area contributed by atoms with Crippen molar-refractivity contribution in [3.8, 4) is 22.3 Å². The maximum Gasteiger partial charge on any atom is 0.0468 e. The third-order valence-corrected chi connectivity index (χ3v) is 9.41. The molecule has 0 heterocycles. The Kier molecular flexibility index (Phi) is 6.54. The highest BCUT2D eigenvalue weighted by Crippen LogP contribution is 2.39. The monoisotopic (exact) mass is 597 g/mol. The quantitative estimate of drug-likeness (QED) is 0.178. The van der Waals surface area contributed by atoms with Gasteiger partial charge in [-0.2, -0.15) is 0 Å². The molecule has 0 spiro atoms. The molecule has 0 saturated heterocycles. The summed E-state index contributed by atoms with van der Waals surface area (Å²) in [5.41, 5.74) is 8.25. The van der Waals surface area contributed by atoms with Gasteiger partial charge in [-0.15, -0.1) is 0 Å². The fourth-order valence-corrected chi connectivity index (χ4v) is 7.01. The van der Waals surface area contributed by atoms with Crippen LogP contribution in [-0.4, -0.2) is 0 Å². The van der Waals surface area contributed by atoms with Crippen LogP contribution in [0.2, 0.25) is 0 Å². The summed E-state index contributed by atoms with van der Waals surface area (Å²) >= 11 is 0. The molecule has 220 valence electrons. The van der Waals surface area contributed by atoms with Crippen LogP contribution in [0.4, 0.5) is 17.1 Å². The maximum atomic E-state index is 2.36. The van der Waals surface area contributed by atoms with Crippen molar-refractivity contribution in [1.82, 2.24) is 0 Å². The second-order valence-electron chi connectivity index (χ2n) is 12.2. The Morgan fingerprint density at radius 2 is 0.745 bits per heavy atom. The number of hydrogen-bond donors (Lipinski definition) is 0. The molecule has 0 fully saturated rings. The van der Waals surface area contributed by atoms with Crippen LogP contribution in [0.25, 0.3) is 65.3 Å². The van der Waals surface area contributed by atoms with Gasteiger partial charge in [0.05, 0.1) is 0 Å². The van der Waals surface area contributed by atoms with E-state index in [1.807, 2.05) is 0 Å². The molecule has 47 heavy (non-hydrogen) atoms. The number of fused-ring (bicyclic) bond motifs is 6. The molecular weight excluding hydrogens is 567 g/mol. The van der Waals surface area contributed by atoms with Gasteiger partial charge < -0.3 is 4.90 Å². The number of para-hydroxylation sites is 1. The van der Waals surface area contributed by atoms with Crippen molar-refractivity contribution in [3.05, 3.63) is 188 Å². The fraction of sp³-hybridized carbons (Fsp3) is 0. The first kappa shape index (κ1) is 27.2. The second-order valence-corrected chi connectivity index (χ2v) is 12.2. The van der Waals surface area contributed by atoms with Crippen LogP contribution in [0.3, 0.4) is 0 Å². The topological polar surface area (TPSA) is 3.24 Å². The minimum atomic E-state index is 1.13. The molecule has 0 aliphatic rings. The Morgan fingerprint density at radius 1 is 0.234 bits per heavy atom. The molecule has 0 amide bonds. The predicted octanol–water partition coefficient (Wildman–Crippen LogP) is 13.1. The molecule has 0 bridgehead atoms. The highest BCUT2D eigenvalue weighted by Gasteiger charge is 2.14. The van der Waals surface area contributed by atoms with Gasteiger partial charge in [-0.25, -0.2) is 0 Å². The zero-order valence-electron chi connectivity index (χ0n) is 25.8. The van der Waals surface area contributed by atoms with Gasteiger partial charge in [0.1, 0.15) is 0 Å². The Bertz CT molecular complexity index is 2550. The molecule has 0 aromatic heterocycles. The maximum absolute atomic E-state index is 2.36. The molecule has 1 nitrogen and oxygen atoms in total. The summed E-state index contributed by atoms with van der Waals surface area (Å²) in [5.74, 6) is 0. The SMILES string of the molecule is c1ccc(-c2ccc(N(c3ccccc3)c3ccc4ccc(-c5ccc6ccc7c8ccccc8ccc7c6c5)cc4c3)cc2)cc1. The van der Waals surface area contributed by atoms with Gasteiger partial charge in [-0.3, -0.25) is 0 Å². The van der Waals surface area contributed by atoms with Gasteiger partial charge in [0.25, 0.3) is 0 Å². The molecule has 0 radical (unpaired) electrons. The third-order valence-electron chi connectivity index (χ3n) is 9.41. The molecule has 0 aliphatic heterocycles. The zero-order valence-corrected chi connectivity index (χ0v) is 25.8. The van der Waals surface area contributed by atoms with E-state index in [-0.39, 0.29) is 0 Å². The Labute approximate surface area is 274 Å². The lowest BCUT2D eigenvalue weighted by atomic mass is 9.94. The molecule has 0 unspecified atom stereocenters. The van der Waals surface area contributed by atoms with Gasteiger partial charge in [0.2, 0.25) is 0 Å². The average molecular weight is 598 g/mol. The van der Waals surface area contributed by atoms with Crippen molar-refractivity contribution < 1.29 is 0 Å². The Balaban J connectivity index is 1.14. The fourth-order valence-electron chi connectivity index (χ4n) is 7.01. The van der Waals surface area contributed by atoms with E-state index in [0.717, 1.165) is 17.1 Å². The summed E-state index contributed by atoms with van der Waals surface area (Å²) in [6, 6.07) is 68.3. The zero-order chi connectivity index (χ0) is 31.2. The van der Waals surface area contributed by atoms with Crippen LogP contribution in [-0.2, 0) is 0 Å². The molecule has 0 saturated carbocycles. The summed E-state index contributed by atoms with van der Waals surface area (Å²) in [7, 11) is 0. The van der Waals surface area contributed by atoms with Gasteiger partial charge >= 0.3 is 0 Å². The van der Waals surface area contributed by atoms with Gasteiger partial charge in [-0.1, -0.05) is 140 Å². The summed E-state index contributed by atoms with van der Waals surface area (Å²) in [5, 5.41) is 10.2. The predicted molar refractivity (Wildman–Crippen MR) is 202 cm³/mol. The van der Waals surface area contributed by atoms with E-state index in [2.05, 4.69) is 193 Å². The van der Waals surface area contributed by atoms with Crippen LogP contribution < -0.4 is 4.90 Å². The number of benzene rings is 9. The number of rotatable bonds is 5. The Morgan fingerprint density at radius 3 is 1.53 bits per heavy atom. The van der Waals surface area contributed by atoms with E-state index in [4.69, 9.17) is 0 Å². The lowest BCUT2D eigenvalue weighted by molar-refractivity contribution is 1.29. The summed E-state index contributed by atoms with van der Waals surface area (Å²) in [4.78, 5) is 2.34. The highest BCUT2D eigenvalue weighted by molar-refractivity contribution is 6.17. The van der Waals surface area contributed by atoms with Crippen molar-refractivity contribution in [3.63, 3.8) is 0 Å². The average Bonchev–Trinajstić information content (AvgIpc) is 3.15. The molecule has 1 heteroatoms. The number of hydrogen-bond acceptors (Lipinski definition) is 1. The van der Waals surface area contributed by atoms with Crippen LogP contribution in [0.15, 0.2) is 188 Å². The normalized spacial score (nSPS) is 11.4. The lowest BCUT2D eigenvalue weighted by Crippen LogP contribution is -2.09. The van der Waals surface area contributed by atoms with Crippen molar-refractivity contribution in [2.45, 2.75) is 0 Å². The first-order valence-electron chi connectivity index (χ1n) is 16.2. The van der Waals surface area contributed by atoms with E-state index >= 15 is 0 Å². The number of nitrogens with zero attached hydrogens (tertiary/aromatic N) is 1. The van der Waals surface area contributed by atoms with Gasteiger partial charge in [0, 0.05) is 17.1 Å². The summed E-state index contributed by atoms with van der Waals surface area (Å²) < 4.78 is 0. The molecule has 9 rings (SSSR count). The minimum Gasteiger partial charge on any atom is -0.310 e. The molecule has 0 atom stereocenters. The molecule has 0 aliphatic carbocycles. The largest absolute Gasteiger partial charge is 0.310 e. The van der Waals surface area contributed by atoms with E-state index < -0.39 is 0 Å². The lowest BCUT2D eigenvalue weighted by Gasteiger charge is -2.26. The van der Waals surface area contributed by atoms with Crippen molar-refractivity contribution in [2.24, 2.45) is 0 Å². The summed E-state index contributed by atoms with van der Waals surface area (Å²) in [6.07, 6.45) is 0. The Hall–Kier alpha value is -6.18.